The molecular formula is C11H12O3. The SMILES string of the molecule is COC(=O)[C@H]1O[C@]1(C)c1ccccc1. The van der Waals surface area contributed by atoms with Crippen molar-refractivity contribution in [2.75, 3.05) is 7.11 Å². The summed E-state index contributed by atoms with van der Waals surface area (Å²) in [5.41, 5.74) is 0.518. The Hall–Kier alpha value is -1.35. The van der Waals surface area contributed by atoms with Crippen LogP contribution in [0.1, 0.15) is 12.5 Å². The van der Waals surface area contributed by atoms with Crippen LogP contribution in [0.5, 0.6) is 0 Å². The molecule has 1 aliphatic rings. The predicted octanol–water partition coefficient (Wildman–Crippen LogP) is 1.47. The molecule has 2 rings (SSSR count). The summed E-state index contributed by atoms with van der Waals surface area (Å²) in [4.78, 5) is 11.2. The summed E-state index contributed by atoms with van der Waals surface area (Å²) in [6.45, 7) is 1.89. The van der Waals surface area contributed by atoms with Crippen LogP contribution < -0.4 is 0 Å². The lowest BCUT2D eigenvalue weighted by molar-refractivity contribution is -0.142. The number of rotatable bonds is 2. The average Bonchev–Trinajstić information content (AvgIpc) is 2.93. The number of hydrogen-bond donors (Lipinski definition) is 0. The zero-order valence-electron chi connectivity index (χ0n) is 8.19. The number of benzene rings is 1. The summed E-state index contributed by atoms with van der Waals surface area (Å²) in [6, 6.07) is 9.68. The third kappa shape index (κ3) is 1.30. The molecule has 1 aromatic rings. The molecular weight excluding hydrogens is 180 g/mol. The van der Waals surface area contributed by atoms with Gasteiger partial charge in [0.15, 0.2) is 6.10 Å². The smallest absolute Gasteiger partial charge is 0.338 e. The number of carbonyl (C=O) groups excluding carboxylic acids is 1. The molecule has 14 heavy (non-hydrogen) atoms. The van der Waals surface area contributed by atoms with Crippen LogP contribution >= 0.6 is 0 Å². The molecule has 1 aliphatic heterocycles. The molecule has 0 aromatic heterocycles. The van der Waals surface area contributed by atoms with Crippen LogP contribution in [0.3, 0.4) is 0 Å². The number of carbonyl (C=O) groups is 1. The Balaban J connectivity index is 2.19. The van der Waals surface area contributed by atoms with Gasteiger partial charge in [-0.15, -0.1) is 0 Å². The van der Waals surface area contributed by atoms with Crippen LogP contribution in [0.2, 0.25) is 0 Å². The lowest BCUT2D eigenvalue weighted by atomic mass is 9.98. The molecule has 0 N–H and O–H groups in total. The van der Waals surface area contributed by atoms with E-state index in [2.05, 4.69) is 4.74 Å². The molecule has 3 nitrogen and oxygen atoms in total. The largest absolute Gasteiger partial charge is 0.467 e. The van der Waals surface area contributed by atoms with E-state index >= 15 is 0 Å². The monoisotopic (exact) mass is 192 g/mol. The highest BCUT2D eigenvalue weighted by molar-refractivity contribution is 5.79. The van der Waals surface area contributed by atoms with Crippen molar-refractivity contribution in [3.63, 3.8) is 0 Å². The molecule has 1 saturated heterocycles. The van der Waals surface area contributed by atoms with E-state index < -0.39 is 11.7 Å². The Morgan fingerprint density at radius 3 is 2.64 bits per heavy atom. The molecule has 0 spiro atoms. The maximum atomic E-state index is 11.2. The van der Waals surface area contributed by atoms with Gasteiger partial charge in [-0.2, -0.15) is 0 Å². The second kappa shape index (κ2) is 3.10. The Morgan fingerprint density at radius 1 is 1.43 bits per heavy atom. The van der Waals surface area contributed by atoms with Crippen molar-refractivity contribution in [3.05, 3.63) is 35.9 Å². The van der Waals surface area contributed by atoms with E-state index in [0.29, 0.717) is 0 Å². The molecule has 0 amide bonds. The minimum atomic E-state index is -0.492. The number of epoxide rings is 1. The van der Waals surface area contributed by atoms with Gasteiger partial charge in [0.05, 0.1) is 7.11 Å². The molecule has 3 heteroatoms. The molecule has 0 radical (unpaired) electrons. The normalized spacial score (nSPS) is 29.7. The molecule has 0 aliphatic carbocycles. The lowest BCUT2D eigenvalue weighted by Crippen LogP contribution is -2.17. The van der Waals surface area contributed by atoms with Crippen molar-refractivity contribution in [1.29, 1.82) is 0 Å². The van der Waals surface area contributed by atoms with Crippen LogP contribution in [-0.4, -0.2) is 19.2 Å². The van der Waals surface area contributed by atoms with E-state index in [0.717, 1.165) is 5.56 Å². The fourth-order valence-corrected chi connectivity index (χ4v) is 1.58. The zero-order valence-corrected chi connectivity index (χ0v) is 8.19. The average molecular weight is 192 g/mol. The van der Waals surface area contributed by atoms with Crippen LogP contribution in [0.25, 0.3) is 0 Å². The summed E-state index contributed by atoms with van der Waals surface area (Å²) in [7, 11) is 1.37. The van der Waals surface area contributed by atoms with Crippen LogP contribution in [-0.2, 0) is 19.9 Å². The van der Waals surface area contributed by atoms with Gasteiger partial charge in [0, 0.05) is 0 Å². The van der Waals surface area contributed by atoms with Gasteiger partial charge < -0.3 is 9.47 Å². The van der Waals surface area contributed by atoms with E-state index in [1.165, 1.54) is 7.11 Å². The highest BCUT2D eigenvalue weighted by atomic mass is 16.6. The molecule has 1 heterocycles. The highest BCUT2D eigenvalue weighted by Crippen LogP contribution is 2.46. The Morgan fingerprint density at radius 2 is 2.07 bits per heavy atom. The summed E-state index contributed by atoms with van der Waals surface area (Å²) < 4.78 is 10.00. The van der Waals surface area contributed by atoms with Crippen LogP contribution in [0.4, 0.5) is 0 Å². The molecule has 0 saturated carbocycles. The van der Waals surface area contributed by atoms with E-state index in [9.17, 15) is 4.79 Å². The molecule has 0 bridgehead atoms. The molecule has 0 unspecified atom stereocenters. The fraction of sp³-hybridized carbons (Fsp3) is 0.364. The van der Waals surface area contributed by atoms with Crippen molar-refractivity contribution < 1.29 is 14.3 Å². The van der Waals surface area contributed by atoms with Crippen molar-refractivity contribution in [2.24, 2.45) is 0 Å². The third-order valence-corrected chi connectivity index (χ3v) is 2.57. The van der Waals surface area contributed by atoms with Crippen LogP contribution in [0, 0.1) is 0 Å². The topological polar surface area (TPSA) is 38.8 Å². The van der Waals surface area contributed by atoms with Gasteiger partial charge in [-0.3, -0.25) is 0 Å². The fourth-order valence-electron chi connectivity index (χ4n) is 1.58. The highest BCUT2D eigenvalue weighted by Gasteiger charge is 2.59. The first-order valence-electron chi connectivity index (χ1n) is 4.49. The van der Waals surface area contributed by atoms with Gasteiger partial charge in [-0.25, -0.2) is 4.79 Å². The molecule has 2 atom stereocenters. The van der Waals surface area contributed by atoms with Gasteiger partial charge in [-0.1, -0.05) is 30.3 Å². The zero-order chi connectivity index (χ0) is 10.2. The van der Waals surface area contributed by atoms with Crippen molar-refractivity contribution in [1.82, 2.24) is 0 Å². The minimum Gasteiger partial charge on any atom is -0.467 e. The predicted molar refractivity (Wildman–Crippen MR) is 50.7 cm³/mol. The first-order valence-corrected chi connectivity index (χ1v) is 4.49. The summed E-state index contributed by atoms with van der Waals surface area (Å²) >= 11 is 0. The lowest BCUT2D eigenvalue weighted by Gasteiger charge is -2.04. The van der Waals surface area contributed by atoms with E-state index in [1.54, 1.807) is 0 Å². The van der Waals surface area contributed by atoms with Gasteiger partial charge in [0.2, 0.25) is 0 Å². The van der Waals surface area contributed by atoms with Crippen molar-refractivity contribution >= 4 is 5.97 Å². The number of esters is 1. The van der Waals surface area contributed by atoms with Gasteiger partial charge in [0.25, 0.3) is 0 Å². The summed E-state index contributed by atoms with van der Waals surface area (Å²) in [5.74, 6) is -0.309. The number of hydrogen-bond acceptors (Lipinski definition) is 3. The van der Waals surface area contributed by atoms with E-state index in [1.807, 2.05) is 37.3 Å². The summed E-state index contributed by atoms with van der Waals surface area (Å²) in [5, 5.41) is 0. The van der Waals surface area contributed by atoms with Crippen molar-refractivity contribution in [2.45, 2.75) is 18.6 Å². The Labute approximate surface area is 82.6 Å². The molecule has 1 fully saturated rings. The van der Waals surface area contributed by atoms with E-state index in [-0.39, 0.29) is 5.97 Å². The number of methoxy groups -OCH3 is 1. The minimum absolute atomic E-state index is 0.309. The van der Waals surface area contributed by atoms with Gasteiger partial charge in [-0.05, 0) is 12.5 Å². The van der Waals surface area contributed by atoms with Gasteiger partial charge in [0.1, 0.15) is 5.60 Å². The third-order valence-electron chi connectivity index (χ3n) is 2.57. The second-order valence-electron chi connectivity index (χ2n) is 3.49. The summed E-state index contributed by atoms with van der Waals surface area (Å²) in [6.07, 6.45) is -0.449. The Kier molecular flexibility index (Phi) is 2.04. The second-order valence-corrected chi connectivity index (χ2v) is 3.49. The Bertz CT molecular complexity index is 347. The molecule has 1 aromatic carbocycles. The van der Waals surface area contributed by atoms with Gasteiger partial charge >= 0.3 is 5.97 Å². The quantitative estimate of drug-likeness (QED) is 0.526. The first-order chi connectivity index (χ1) is 6.68. The maximum absolute atomic E-state index is 11.2. The number of ether oxygens (including phenoxy) is 2. The van der Waals surface area contributed by atoms with Crippen molar-refractivity contribution in [3.8, 4) is 0 Å². The standard InChI is InChI=1S/C11H12O3/c1-11(8-6-4-3-5-7-8)9(14-11)10(12)13-2/h3-7,9H,1-2H3/t9-,11-/m1/s1. The maximum Gasteiger partial charge on any atom is 0.338 e. The van der Waals surface area contributed by atoms with E-state index in [4.69, 9.17) is 4.74 Å². The molecule has 74 valence electrons. The van der Waals surface area contributed by atoms with Crippen LogP contribution in [0.15, 0.2) is 30.3 Å². The first kappa shape index (κ1) is 9.21.